The Balaban J connectivity index is -0.000000333. The van der Waals surface area contributed by atoms with Gasteiger partial charge in [-0.15, -0.1) is 0 Å². The van der Waals surface area contributed by atoms with Crippen molar-refractivity contribution in [1.29, 1.82) is 0 Å². The van der Waals surface area contributed by atoms with Gasteiger partial charge in [-0.3, -0.25) is 0 Å². The van der Waals surface area contributed by atoms with Crippen LogP contribution in [0.25, 0.3) is 0 Å². The molecular weight excluding hydrogens is 236 g/mol. The fourth-order valence-electron chi connectivity index (χ4n) is 0.728. The molecule has 1 unspecified atom stereocenters. The first kappa shape index (κ1) is 11.8. The fraction of sp³-hybridized carbons (Fsp3) is 0.250. The largest absolute Gasteiger partial charge is 2.00 e. The Labute approximate surface area is 99.6 Å². The molecule has 1 rings (SSSR count). The van der Waals surface area contributed by atoms with Crippen LogP contribution < -0.4 is 0 Å². The normalized spacial score (nSPS) is 11.9. The van der Waals surface area contributed by atoms with Crippen molar-refractivity contribution < 1.29 is 2.85 Å². The van der Waals surface area contributed by atoms with Crippen LogP contribution in [0.2, 0.25) is 5.02 Å². The first-order chi connectivity index (χ1) is 4.70. The second-order valence-electron chi connectivity index (χ2n) is 2.17. The maximum atomic E-state index is 5.70. The molecule has 0 saturated heterocycles. The van der Waals surface area contributed by atoms with E-state index in [2.05, 4.69) is 22.9 Å². The third-order valence-corrected chi connectivity index (χ3v) is 2.11. The Morgan fingerprint density at radius 1 is 1.36 bits per heavy atom. The van der Waals surface area contributed by atoms with Crippen molar-refractivity contribution >= 4 is 50.6 Å². The molecule has 1 atom stereocenters. The molecule has 11 heavy (non-hydrogen) atoms. The predicted octanol–water partition coefficient (Wildman–Crippen LogP) is 3.64. The van der Waals surface area contributed by atoms with Gasteiger partial charge in [-0.05, 0) is 24.6 Å². The molecule has 0 fully saturated rings. The number of benzene rings is 1. The third-order valence-electron chi connectivity index (χ3n) is 1.33. The van der Waals surface area contributed by atoms with Crippen LogP contribution in [0.1, 0.15) is 20.2 Å². The number of rotatable bonds is 1. The SMILES string of the molecule is CC(Br)c1ccc(Cl)cc1.[H-].[H-].[Mg+2]. The van der Waals surface area contributed by atoms with Crippen molar-refractivity contribution in [2.45, 2.75) is 11.8 Å². The van der Waals surface area contributed by atoms with Crippen molar-refractivity contribution in [3.63, 3.8) is 0 Å². The maximum Gasteiger partial charge on any atom is 2.00 e. The molecule has 1 aromatic carbocycles. The van der Waals surface area contributed by atoms with E-state index in [0.717, 1.165) is 5.02 Å². The van der Waals surface area contributed by atoms with Crippen LogP contribution in [0.3, 0.4) is 0 Å². The summed E-state index contributed by atoms with van der Waals surface area (Å²) >= 11 is 9.16. The standard InChI is InChI=1S/C8H8BrCl.Mg.2H/c1-6(9)7-2-4-8(10)5-3-7;;;/h2-6H,1H3;;;/q;+2;2*-1. The van der Waals surface area contributed by atoms with E-state index in [4.69, 9.17) is 11.6 Å². The van der Waals surface area contributed by atoms with E-state index in [-0.39, 0.29) is 25.9 Å². The van der Waals surface area contributed by atoms with Crippen molar-refractivity contribution in [2.75, 3.05) is 0 Å². The van der Waals surface area contributed by atoms with E-state index in [1.165, 1.54) is 5.56 Å². The van der Waals surface area contributed by atoms with Crippen LogP contribution in [-0.2, 0) is 0 Å². The quantitative estimate of drug-likeness (QED) is 0.524. The Kier molecular flexibility index (Phi) is 5.78. The third kappa shape index (κ3) is 3.79. The van der Waals surface area contributed by atoms with Gasteiger partial charge in [0.05, 0.1) is 0 Å². The number of alkyl halides is 1. The Hall–Kier alpha value is 0.756. The van der Waals surface area contributed by atoms with E-state index in [1.807, 2.05) is 24.3 Å². The molecule has 0 aromatic heterocycles. The van der Waals surface area contributed by atoms with E-state index >= 15 is 0 Å². The zero-order chi connectivity index (χ0) is 7.56. The molecule has 3 heteroatoms. The molecule has 0 spiro atoms. The summed E-state index contributed by atoms with van der Waals surface area (Å²) in [6.07, 6.45) is 0. The summed E-state index contributed by atoms with van der Waals surface area (Å²) in [5, 5.41) is 0.789. The monoisotopic (exact) mass is 244 g/mol. The van der Waals surface area contributed by atoms with Gasteiger partial charge in [0.1, 0.15) is 0 Å². The van der Waals surface area contributed by atoms with Crippen molar-refractivity contribution in [1.82, 2.24) is 0 Å². The van der Waals surface area contributed by atoms with E-state index in [0.29, 0.717) is 4.83 Å². The van der Waals surface area contributed by atoms with Gasteiger partial charge in [0.15, 0.2) is 0 Å². The second-order valence-corrected chi connectivity index (χ2v) is 3.98. The van der Waals surface area contributed by atoms with Crippen LogP contribution in [0, 0.1) is 0 Å². The van der Waals surface area contributed by atoms with Crippen LogP contribution >= 0.6 is 27.5 Å². The smallest absolute Gasteiger partial charge is 1.00 e. The van der Waals surface area contributed by atoms with Crippen LogP contribution in [0.4, 0.5) is 0 Å². The molecule has 58 valence electrons. The Morgan fingerprint density at radius 3 is 2.18 bits per heavy atom. The van der Waals surface area contributed by atoms with Gasteiger partial charge in [0.25, 0.3) is 0 Å². The van der Waals surface area contributed by atoms with Gasteiger partial charge in [-0.25, -0.2) is 0 Å². The predicted molar refractivity (Wildman–Crippen MR) is 56.8 cm³/mol. The zero-order valence-corrected chi connectivity index (χ0v) is 10.1. The molecule has 0 aliphatic heterocycles. The molecule has 0 saturated carbocycles. The summed E-state index contributed by atoms with van der Waals surface area (Å²) in [6.45, 7) is 2.09. The fourth-order valence-corrected chi connectivity index (χ4v) is 1.16. The first-order valence-electron chi connectivity index (χ1n) is 3.09. The van der Waals surface area contributed by atoms with Gasteiger partial charge >= 0.3 is 23.1 Å². The second kappa shape index (κ2) is 5.41. The van der Waals surface area contributed by atoms with E-state index < -0.39 is 0 Å². The van der Waals surface area contributed by atoms with Crippen molar-refractivity contribution in [3.05, 3.63) is 34.9 Å². The minimum absolute atomic E-state index is 0. The number of hydrogen-bond acceptors (Lipinski definition) is 0. The summed E-state index contributed by atoms with van der Waals surface area (Å²) < 4.78 is 0. The summed E-state index contributed by atoms with van der Waals surface area (Å²) in [4.78, 5) is 0.407. The molecule has 0 amide bonds. The molecule has 0 bridgehead atoms. The molecule has 0 aliphatic carbocycles. The van der Waals surface area contributed by atoms with Crippen LogP contribution in [0.5, 0.6) is 0 Å². The van der Waals surface area contributed by atoms with Gasteiger partial charge in [-0.2, -0.15) is 0 Å². The molecule has 0 N–H and O–H groups in total. The summed E-state index contributed by atoms with van der Waals surface area (Å²) in [6, 6.07) is 7.83. The average Bonchev–Trinajstić information content (AvgIpc) is 1.88. The molecular formula is C8H10BrClMg. The average molecular weight is 246 g/mol. The minimum atomic E-state index is 0. The van der Waals surface area contributed by atoms with Crippen molar-refractivity contribution in [3.8, 4) is 0 Å². The number of hydrogen-bond donors (Lipinski definition) is 0. The van der Waals surface area contributed by atoms with Crippen LogP contribution in [-0.4, -0.2) is 23.1 Å². The van der Waals surface area contributed by atoms with Gasteiger partial charge in [-0.1, -0.05) is 39.7 Å². The Bertz CT molecular complexity index is 216. The zero-order valence-electron chi connectivity index (χ0n) is 8.35. The van der Waals surface area contributed by atoms with Gasteiger partial charge < -0.3 is 2.85 Å². The van der Waals surface area contributed by atoms with Crippen molar-refractivity contribution in [2.24, 2.45) is 0 Å². The molecule has 0 radical (unpaired) electrons. The molecule has 0 heterocycles. The van der Waals surface area contributed by atoms with Gasteiger partial charge in [0.2, 0.25) is 0 Å². The summed E-state index contributed by atoms with van der Waals surface area (Å²) in [5.41, 5.74) is 1.25. The van der Waals surface area contributed by atoms with Crippen LogP contribution in [0.15, 0.2) is 24.3 Å². The topological polar surface area (TPSA) is 0 Å². The summed E-state index contributed by atoms with van der Waals surface area (Å²) in [7, 11) is 0. The van der Waals surface area contributed by atoms with E-state index in [9.17, 15) is 0 Å². The molecule has 0 nitrogen and oxygen atoms in total. The summed E-state index contributed by atoms with van der Waals surface area (Å²) in [5.74, 6) is 0. The van der Waals surface area contributed by atoms with E-state index in [1.54, 1.807) is 0 Å². The minimum Gasteiger partial charge on any atom is -1.00 e. The number of halogens is 2. The first-order valence-corrected chi connectivity index (χ1v) is 4.39. The maximum absolute atomic E-state index is 5.70. The Morgan fingerprint density at radius 2 is 1.82 bits per heavy atom. The van der Waals surface area contributed by atoms with Gasteiger partial charge in [0, 0.05) is 9.85 Å². The molecule has 0 aliphatic rings. The molecule has 1 aromatic rings.